The summed E-state index contributed by atoms with van der Waals surface area (Å²) in [5.41, 5.74) is 0. The SMILES string of the molecule is COC(=O)[C@]1(O)C[C@@H](O)[C@@H](NC(C)=O)[C@H]([C@H](O)[C@H](O)CO)O1. The summed E-state index contributed by atoms with van der Waals surface area (Å²) < 4.78 is 9.45. The van der Waals surface area contributed by atoms with Crippen molar-refractivity contribution in [2.45, 2.75) is 49.6 Å². The number of aliphatic hydroxyl groups excluding tert-OH is 4. The molecule has 6 N–H and O–H groups in total. The Bertz CT molecular complexity index is 417. The van der Waals surface area contributed by atoms with E-state index in [2.05, 4.69) is 10.1 Å². The topological polar surface area (TPSA) is 166 Å². The minimum absolute atomic E-state index is 0.563. The first-order valence-corrected chi connectivity index (χ1v) is 6.57. The number of esters is 1. The van der Waals surface area contributed by atoms with E-state index in [4.69, 9.17) is 9.84 Å². The Morgan fingerprint density at radius 1 is 1.45 bits per heavy atom. The normalized spacial score (nSPS) is 34.6. The van der Waals surface area contributed by atoms with Crippen LogP contribution >= 0.6 is 0 Å². The van der Waals surface area contributed by atoms with Gasteiger partial charge in [0, 0.05) is 13.3 Å². The highest BCUT2D eigenvalue weighted by Crippen LogP contribution is 2.31. The first-order chi connectivity index (χ1) is 10.2. The van der Waals surface area contributed by atoms with E-state index < -0.39 is 61.1 Å². The Morgan fingerprint density at radius 2 is 2.05 bits per heavy atom. The van der Waals surface area contributed by atoms with Crippen molar-refractivity contribution in [3.05, 3.63) is 0 Å². The fraction of sp³-hybridized carbons (Fsp3) is 0.833. The third-order valence-corrected chi connectivity index (χ3v) is 3.38. The number of carbonyl (C=O) groups excluding carboxylic acids is 2. The number of hydrogen-bond acceptors (Lipinski definition) is 9. The van der Waals surface area contributed by atoms with Gasteiger partial charge in [-0.1, -0.05) is 0 Å². The van der Waals surface area contributed by atoms with Crippen molar-refractivity contribution >= 4 is 11.9 Å². The second-order valence-corrected chi connectivity index (χ2v) is 5.10. The highest BCUT2D eigenvalue weighted by molar-refractivity contribution is 5.78. The lowest BCUT2D eigenvalue weighted by atomic mass is 9.88. The molecule has 0 saturated carbocycles. The lowest BCUT2D eigenvalue weighted by molar-refractivity contribution is -0.296. The maximum atomic E-state index is 11.6. The van der Waals surface area contributed by atoms with Gasteiger partial charge >= 0.3 is 5.97 Å². The highest BCUT2D eigenvalue weighted by Gasteiger charge is 2.54. The number of methoxy groups -OCH3 is 1. The monoisotopic (exact) mass is 323 g/mol. The number of nitrogens with one attached hydrogen (secondary N) is 1. The second-order valence-electron chi connectivity index (χ2n) is 5.10. The van der Waals surface area contributed by atoms with Crippen molar-refractivity contribution in [3.63, 3.8) is 0 Å². The highest BCUT2D eigenvalue weighted by atomic mass is 16.7. The predicted octanol–water partition coefficient (Wildman–Crippen LogP) is -3.78. The van der Waals surface area contributed by atoms with Crippen LogP contribution in [0.3, 0.4) is 0 Å². The van der Waals surface area contributed by atoms with Crippen molar-refractivity contribution in [2.75, 3.05) is 13.7 Å². The Labute approximate surface area is 126 Å². The van der Waals surface area contributed by atoms with Gasteiger partial charge in [-0.25, -0.2) is 4.79 Å². The molecule has 0 bridgehead atoms. The zero-order valence-corrected chi connectivity index (χ0v) is 12.2. The maximum absolute atomic E-state index is 11.6. The third-order valence-electron chi connectivity index (χ3n) is 3.38. The molecule has 1 aliphatic heterocycles. The fourth-order valence-electron chi connectivity index (χ4n) is 2.29. The molecular weight excluding hydrogens is 302 g/mol. The summed E-state index contributed by atoms with van der Waals surface area (Å²) in [6.45, 7) is 0.320. The van der Waals surface area contributed by atoms with Gasteiger partial charge in [-0.15, -0.1) is 0 Å². The van der Waals surface area contributed by atoms with Crippen LogP contribution in [0, 0.1) is 0 Å². The maximum Gasteiger partial charge on any atom is 0.366 e. The van der Waals surface area contributed by atoms with Gasteiger partial charge in [-0.3, -0.25) is 4.79 Å². The van der Waals surface area contributed by atoms with Crippen molar-refractivity contribution in [1.82, 2.24) is 5.32 Å². The molecule has 0 radical (unpaired) electrons. The number of ether oxygens (including phenoxy) is 2. The number of hydrogen-bond donors (Lipinski definition) is 6. The van der Waals surface area contributed by atoms with Crippen molar-refractivity contribution < 1.29 is 44.6 Å². The molecule has 0 aromatic heterocycles. The molecule has 0 aromatic carbocycles. The van der Waals surface area contributed by atoms with E-state index in [1.807, 2.05) is 0 Å². The van der Waals surface area contributed by atoms with Crippen LogP contribution in [0.2, 0.25) is 0 Å². The minimum atomic E-state index is -2.55. The smallest absolute Gasteiger partial charge is 0.366 e. The molecule has 22 heavy (non-hydrogen) atoms. The van der Waals surface area contributed by atoms with E-state index in [0.717, 1.165) is 14.0 Å². The summed E-state index contributed by atoms with van der Waals surface area (Å²) in [5.74, 6) is -4.32. The standard InChI is InChI=1S/C12H21NO9/c1-5(15)13-8-6(16)3-12(20,11(19)21-2)22-10(8)9(18)7(17)4-14/h6-10,14,16-18,20H,3-4H2,1-2H3,(H,13,15)/t6-,7-,8-,9-,10-,12+/m1/s1. The molecule has 1 fully saturated rings. The van der Waals surface area contributed by atoms with Crippen LogP contribution < -0.4 is 5.32 Å². The Kier molecular flexibility index (Phi) is 6.23. The first kappa shape index (κ1) is 18.7. The molecule has 128 valence electrons. The summed E-state index contributed by atoms with van der Waals surface area (Å²) >= 11 is 0. The average molecular weight is 323 g/mol. The van der Waals surface area contributed by atoms with Crippen LogP contribution in [0.15, 0.2) is 0 Å². The summed E-state index contributed by atoms with van der Waals surface area (Å²) in [6.07, 6.45) is -7.09. The van der Waals surface area contributed by atoms with Gasteiger partial charge in [-0.2, -0.15) is 0 Å². The van der Waals surface area contributed by atoms with E-state index >= 15 is 0 Å². The van der Waals surface area contributed by atoms with Crippen LogP contribution in [-0.2, 0) is 19.1 Å². The van der Waals surface area contributed by atoms with Gasteiger partial charge in [0.15, 0.2) is 0 Å². The molecule has 1 rings (SSSR count). The number of rotatable bonds is 5. The van der Waals surface area contributed by atoms with Crippen LogP contribution in [0.1, 0.15) is 13.3 Å². The second kappa shape index (κ2) is 7.31. The van der Waals surface area contributed by atoms with Crippen LogP contribution in [0.5, 0.6) is 0 Å². The molecule has 1 amide bonds. The zero-order chi connectivity index (χ0) is 17.1. The van der Waals surface area contributed by atoms with Gasteiger partial charge in [0.05, 0.1) is 25.9 Å². The van der Waals surface area contributed by atoms with E-state index in [9.17, 15) is 30.0 Å². The van der Waals surface area contributed by atoms with Crippen LogP contribution in [-0.4, -0.2) is 87.4 Å². The summed E-state index contributed by atoms with van der Waals surface area (Å²) in [4.78, 5) is 22.8. The van der Waals surface area contributed by atoms with E-state index in [1.54, 1.807) is 0 Å². The van der Waals surface area contributed by atoms with Gasteiger partial charge in [0.25, 0.3) is 5.79 Å². The van der Waals surface area contributed by atoms with Crippen molar-refractivity contribution in [2.24, 2.45) is 0 Å². The molecule has 0 aliphatic carbocycles. The molecule has 1 saturated heterocycles. The van der Waals surface area contributed by atoms with Crippen LogP contribution in [0.4, 0.5) is 0 Å². The van der Waals surface area contributed by atoms with Crippen LogP contribution in [0.25, 0.3) is 0 Å². The van der Waals surface area contributed by atoms with E-state index in [1.165, 1.54) is 0 Å². The molecule has 10 heteroatoms. The average Bonchev–Trinajstić information content (AvgIpc) is 2.46. The lowest BCUT2D eigenvalue weighted by Gasteiger charge is -2.45. The summed E-state index contributed by atoms with van der Waals surface area (Å²) in [7, 11) is 0.990. The largest absolute Gasteiger partial charge is 0.465 e. The quantitative estimate of drug-likeness (QED) is 0.278. The number of carbonyl (C=O) groups is 2. The minimum Gasteiger partial charge on any atom is -0.465 e. The Hall–Kier alpha value is -1.30. The van der Waals surface area contributed by atoms with Gasteiger partial charge < -0.3 is 40.3 Å². The molecule has 1 aliphatic rings. The van der Waals surface area contributed by atoms with E-state index in [-0.39, 0.29) is 0 Å². The molecule has 10 nitrogen and oxygen atoms in total. The zero-order valence-electron chi connectivity index (χ0n) is 12.2. The molecular formula is C12H21NO9. The van der Waals surface area contributed by atoms with Crippen molar-refractivity contribution in [3.8, 4) is 0 Å². The molecule has 0 spiro atoms. The predicted molar refractivity (Wildman–Crippen MR) is 69.2 cm³/mol. The summed E-state index contributed by atoms with van der Waals surface area (Å²) in [6, 6.07) is -1.21. The number of amides is 1. The fourth-order valence-corrected chi connectivity index (χ4v) is 2.29. The van der Waals surface area contributed by atoms with Gasteiger partial charge in [0.1, 0.15) is 18.3 Å². The van der Waals surface area contributed by atoms with Crippen molar-refractivity contribution in [1.29, 1.82) is 0 Å². The molecule has 0 unspecified atom stereocenters. The summed E-state index contributed by atoms with van der Waals surface area (Å²) in [5, 5.41) is 50.8. The lowest BCUT2D eigenvalue weighted by Crippen LogP contribution is -2.67. The van der Waals surface area contributed by atoms with Gasteiger partial charge in [0.2, 0.25) is 5.91 Å². The first-order valence-electron chi connectivity index (χ1n) is 6.57. The molecule has 0 aromatic rings. The third kappa shape index (κ3) is 3.91. The Balaban J connectivity index is 3.09. The number of aliphatic hydroxyl groups is 5. The Morgan fingerprint density at radius 3 is 2.50 bits per heavy atom. The van der Waals surface area contributed by atoms with Gasteiger partial charge in [-0.05, 0) is 0 Å². The van der Waals surface area contributed by atoms with E-state index in [0.29, 0.717) is 0 Å². The molecule has 6 atom stereocenters. The molecule has 1 heterocycles.